The van der Waals surface area contributed by atoms with E-state index in [2.05, 4.69) is 53.9 Å². The molecule has 2 heterocycles. The van der Waals surface area contributed by atoms with Crippen molar-refractivity contribution in [1.29, 1.82) is 0 Å². The molecule has 1 aliphatic heterocycles. The summed E-state index contributed by atoms with van der Waals surface area (Å²) in [6.07, 6.45) is 2.67. The predicted molar refractivity (Wildman–Crippen MR) is 102 cm³/mol. The number of hydrogen-bond donors (Lipinski definition) is 0. The number of pyridine rings is 1. The first-order valence-corrected chi connectivity index (χ1v) is 9.15. The maximum Gasteiger partial charge on any atom is 0.125 e. The number of benzene rings is 1. The van der Waals surface area contributed by atoms with Crippen molar-refractivity contribution >= 4 is 0 Å². The zero-order chi connectivity index (χ0) is 17.6. The van der Waals surface area contributed by atoms with E-state index >= 15 is 0 Å². The van der Waals surface area contributed by atoms with Gasteiger partial charge in [0.15, 0.2) is 0 Å². The third-order valence-electron chi connectivity index (χ3n) is 4.84. The second-order valence-electron chi connectivity index (χ2n) is 7.06. The number of aromatic nitrogens is 1. The van der Waals surface area contributed by atoms with Crippen molar-refractivity contribution in [1.82, 2.24) is 14.8 Å². The van der Waals surface area contributed by atoms with Crippen LogP contribution in [0.15, 0.2) is 36.5 Å². The van der Waals surface area contributed by atoms with Crippen molar-refractivity contribution in [2.45, 2.75) is 20.3 Å². The van der Waals surface area contributed by atoms with Crippen LogP contribution in [0.5, 0.6) is 5.75 Å². The van der Waals surface area contributed by atoms with Crippen LogP contribution in [-0.2, 0) is 6.42 Å². The molecule has 1 saturated heterocycles. The first-order valence-electron chi connectivity index (χ1n) is 9.15. The summed E-state index contributed by atoms with van der Waals surface area (Å²) < 4.78 is 6.24. The molecule has 0 radical (unpaired) electrons. The van der Waals surface area contributed by atoms with E-state index in [1.807, 2.05) is 18.3 Å². The van der Waals surface area contributed by atoms with Crippen LogP contribution in [0.25, 0.3) is 0 Å². The highest BCUT2D eigenvalue weighted by Crippen LogP contribution is 2.27. The van der Waals surface area contributed by atoms with Gasteiger partial charge in [-0.2, -0.15) is 0 Å². The van der Waals surface area contributed by atoms with Crippen LogP contribution in [0.1, 0.15) is 22.4 Å². The normalized spacial score (nSPS) is 16.1. The third-order valence-corrected chi connectivity index (χ3v) is 4.84. The fraction of sp³-hybridized carbons (Fsp3) is 0.476. The SMILES string of the molecule is Cc1cc(C)c(OCCN2CCN(C)CC2)c(Cc2ccccn2)c1. The van der Waals surface area contributed by atoms with Crippen molar-refractivity contribution in [3.63, 3.8) is 0 Å². The lowest BCUT2D eigenvalue weighted by atomic mass is 10.0. The summed E-state index contributed by atoms with van der Waals surface area (Å²) in [5, 5.41) is 0. The molecule has 3 rings (SSSR count). The van der Waals surface area contributed by atoms with Crippen molar-refractivity contribution in [3.8, 4) is 5.75 Å². The molecule has 0 unspecified atom stereocenters. The monoisotopic (exact) mass is 339 g/mol. The molecular weight excluding hydrogens is 310 g/mol. The van der Waals surface area contributed by atoms with Crippen LogP contribution in [0.2, 0.25) is 0 Å². The van der Waals surface area contributed by atoms with E-state index in [1.54, 1.807) is 0 Å². The fourth-order valence-corrected chi connectivity index (χ4v) is 3.43. The number of aryl methyl sites for hydroxylation is 2. The molecule has 1 aromatic heterocycles. The number of nitrogens with zero attached hydrogens (tertiary/aromatic N) is 3. The molecule has 1 fully saturated rings. The highest BCUT2D eigenvalue weighted by Gasteiger charge is 2.15. The van der Waals surface area contributed by atoms with Crippen LogP contribution < -0.4 is 4.74 Å². The molecular formula is C21H29N3O. The predicted octanol–water partition coefficient (Wildman–Crippen LogP) is 2.92. The number of piperazine rings is 1. The lowest BCUT2D eigenvalue weighted by Gasteiger charge is -2.32. The first-order chi connectivity index (χ1) is 12.1. The van der Waals surface area contributed by atoms with Crippen molar-refractivity contribution < 1.29 is 4.74 Å². The van der Waals surface area contributed by atoms with Crippen LogP contribution in [0.4, 0.5) is 0 Å². The van der Waals surface area contributed by atoms with Gasteiger partial charge in [0.2, 0.25) is 0 Å². The van der Waals surface area contributed by atoms with Gasteiger partial charge in [0.1, 0.15) is 12.4 Å². The Morgan fingerprint density at radius 3 is 2.60 bits per heavy atom. The second kappa shape index (κ2) is 8.45. The maximum absolute atomic E-state index is 6.24. The highest BCUT2D eigenvalue weighted by atomic mass is 16.5. The molecule has 1 aliphatic rings. The van der Waals surface area contributed by atoms with E-state index in [0.29, 0.717) is 0 Å². The molecule has 4 nitrogen and oxygen atoms in total. The highest BCUT2D eigenvalue weighted by molar-refractivity contribution is 5.45. The van der Waals surface area contributed by atoms with Gasteiger partial charge in [-0.1, -0.05) is 23.8 Å². The molecule has 1 aromatic carbocycles. The van der Waals surface area contributed by atoms with Crippen LogP contribution in [0, 0.1) is 13.8 Å². The minimum atomic E-state index is 0.739. The molecule has 134 valence electrons. The lowest BCUT2D eigenvalue weighted by Crippen LogP contribution is -2.45. The molecule has 0 amide bonds. The first kappa shape index (κ1) is 17.9. The minimum Gasteiger partial charge on any atom is -0.492 e. The zero-order valence-electron chi connectivity index (χ0n) is 15.7. The summed E-state index contributed by atoms with van der Waals surface area (Å²) in [7, 11) is 2.19. The number of rotatable bonds is 6. The molecule has 25 heavy (non-hydrogen) atoms. The lowest BCUT2D eigenvalue weighted by molar-refractivity contribution is 0.133. The number of ether oxygens (including phenoxy) is 1. The molecule has 0 bridgehead atoms. The average Bonchev–Trinajstić information content (AvgIpc) is 2.60. The molecule has 0 spiro atoms. The van der Waals surface area contributed by atoms with Gasteiger partial charge in [0.25, 0.3) is 0 Å². The van der Waals surface area contributed by atoms with Gasteiger partial charge in [-0.05, 0) is 38.6 Å². The van der Waals surface area contributed by atoms with E-state index in [4.69, 9.17) is 4.74 Å². The van der Waals surface area contributed by atoms with Gasteiger partial charge in [-0.25, -0.2) is 0 Å². The Morgan fingerprint density at radius 1 is 1.08 bits per heavy atom. The van der Waals surface area contributed by atoms with Crippen LogP contribution >= 0.6 is 0 Å². The Bertz CT molecular complexity index is 679. The third kappa shape index (κ3) is 5.03. The van der Waals surface area contributed by atoms with Gasteiger partial charge < -0.3 is 9.64 Å². The summed E-state index contributed by atoms with van der Waals surface area (Å²) in [5.41, 5.74) is 4.80. The quantitative estimate of drug-likeness (QED) is 0.809. The zero-order valence-corrected chi connectivity index (χ0v) is 15.7. The van der Waals surface area contributed by atoms with Gasteiger partial charge in [-0.15, -0.1) is 0 Å². The summed E-state index contributed by atoms with van der Waals surface area (Å²) in [6, 6.07) is 10.5. The average molecular weight is 339 g/mol. The topological polar surface area (TPSA) is 28.6 Å². The van der Waals surface area contributed by atoms with Crippen LogP contribution in [-0.4, -0.2) is 61.2 Å². The molecule has 2 aromatic rings. The van der Waals surface area contributed by atoms with Gasteiger partial charge in [0, 0.05) is 56.6 Å². The summed E-state index contributed by atoms with van der Waals surface area (Å²) in [4.78, 5) is 9.34. The Kier molecular flexibility index (Phi) is 6.05. The Morgan fingerprint density at radius 2 is 1.88 bits per heavy atom. The number of likely N-dealkylation sites (N-methyl/N-ethyl adjacent to an activating group) is 1. The molecule has 4 heteroatoms. The molecule has 0 saturated carbocycles. The van der Waals surface area contributed by atoms with Gasteiger partial charge in [0.05, 0.1) is 0 Å². The Hall–Kier alpha value is -1.91. The summed E-state index contributed by atoms with van der Waals surface area (Å²) >= 11 is 0. The van der Waals surface area contributed by atoms with Crippen molar-refractivity contribution in [2.24, 2.45) is 0 Å². The van der Waals surface area contributed by atoms with Gasteiger partial charge in [-0.3, -0.25) is 9.88 Å². The van der Waals surface area contributed by atoms with E-state index in [-0.39, 0.29) is 0 Å². The summed E-state index contributed by atoms with van der Waals surface area (Å²) in [6.45, 7) is 10.6. The number of hydrogen-bond acceptors (Lipinski definition) is 4. The largest absolute Gasteiger partial charge is 0.492 e. The standard InChI is InChI=1S/C21H29N3O/c1-17-14-18(2)21(19(15-17)16-20-6-4-5-7-22-20)25-13-12-24-10-8-23(3)9-11-24/h4-7,14-15H,8-13,16H2,1-3H3. The Balaban J connectivity index is 1.65. The van der Waals surface area contributed by atoms with E-state index < -0.39 is 0 Å². The van der Waals surface area contributed by atoms with E-state index in [1.165, 1.54) is 16.7 Å². The van der Waals surface area contributed by atoms with E-state index in [9.17, 15) is 0 Å². The minimum absolute atomic E-state index is 0.739. The van der Waals surface area contributed by atoms with Crippen molar-refractivity contribution in [2.75, 3.05) is 46.4 Å². The maximum atomic E-state index is 6.24. The van der Waals surface area contributed by atoms with Crippen molar-refractivity contribution in [3.05, 3.63) is 58.9 Å². The smallest absolute Gasteiger partial charge is 0.125 e. The molecule has 0 N–H and O–H groups in total. The molecule has 0 aliphatic carbocycles. The second-order valence-corrected chi connectivity index (χ2v) is 7.06. The fourth-order valence-electron chi connectivity index (χ4n) is 3.43. The van der Waals surface area contributed by atoms with E-state index in [0.717, 1.165) is 57.2 Å². The molecule has 0 atom stereocenters. The van der Waals surface area contributed by atoms with Gasteiger partial charge >= 0.3 is 0 Å². The Labute approximate surface area is 151 Å². The summed E-state index contributed by atoms with van der Waals surface area (Å²) in [5.74, 6) is 1.03. The van der Waals surface area contributed by atoms with Crippen LogP contribution in [0.3, 0.4) is 0 Å².